The molecule has 0 bridgehead atoms. The molecule has 1 atom stereocenters. The van der Waals surface area contributed by atoms with Gasteiger partial charge in [0.15, 0.2) is 0 Å². The van der Waals surface area contributed by atoms with Crippen LogP contribution in [0.2, 0.25) is 0 Å². The standard InChI is InChI=1S/C12H11Si.C9H13.C6H12N.Ti/c1-3-7-11(8-4-1)13-12-9-5-2-6-10-12;1-6-5-7(2)9(4)8(6)3;7-6-4-2-1-3-5-6;/h1-10,13H;6H,1-4H3;6-7H,1-5H2;/q;;-1;+1. The van der Waals surface area contributed by atoms with Gasteiger partial charge < -0.3 is 0 Å². The quantitative estimate of drug-likeness (QED) is 0.594. The van der Waals surface area contributed by atoms with E-state index in [9.17, 15) is 0 Å². The molecule has 3 heteroatoms. The summed E-state index contributed by atoms with van der Waals surface area (Å²) in [6, 6.07) is 23.8. The van der Waals surface area contributed by atoms with Crippen molar-refractivity contribution in [1.82, 2.24) is 3.80 Å². The van der Waals surface area contributed by atoms with Crippen LogP contribution in [0.3, 0.4) is 0 Å². The summed E-state index contributed by atoms with van der Waals surface area (Å²) in [6.07, 6.45) is 6.95. The summed E-state index contributed by atoms with van der Waals surface area (Å²) in [5.41, 5.74) is 4.77. The van der Waals surface area contributed by atoms with E-state index >= 15 is 0 Å². The van der Waals surface area contributed by atoms with Crippen molar-refractivity contribution in [3.63, 3.8) is 0 Å². The molecule has 1 nitrogen and oxygen atoms in total. The van der Waals surface area contributed by atoms with E-state index < -0.39 is 24.0 Å². The van der Waals surface area contributed by atoms with Gasteiger partial charge in [-0.05, 0) is 0 Å². The number of hydrogen-bond donors (Lipinski definition) is 1. The molecule has 0 amide bonds. The molecule has 1 unspecified atom stereocenters. The third-order valence-corrected chi connectivity index (χ3v) is 21.2. The Morgan fingerprint density at radius 2 is 1.30 bits per heavy atom. The average Bonchev–Trinajstić information content (AvgIpc) is 2.98. The molecule has 2 aliphatic rings. The van der Waals surface area contributed by atoms with Gasteiger partial charge in [-0.1, -0.05) is 0 Å². The molecule has 157 valence electrons. The van der Waals surface area contributed by atoms with Crippen LogP contribution in [0.1, 0.15) is 59.8 Å². The van der Waals surface area contributed by atoms with Crippen molar-refractivity contribution in [1.29, 1.82) is 0 Å². The van der Waals surface area contributed by atoms with Crippen molar-refractivity contribution in [3.8, 4) is 0 Å². The molecule has 2 aromatic rings. The first-order chi connectivity index (χ1) is 14.6. The van der Waals surface area contributed by atoms with Gasteiger partial charge in [0.2, 0.25) is 0 Å². The van der Waals surface area contributed by atoms with E-state index in [1.165, 1.54) is 32.1 Å². The zero-order valence-corrected chi connectivity index (χ0v) is 21.8. The molecular formula is C27H36NSiTi. The Hall–Kier alpha value is -1.19. The first kappa shape index (κ1) is 22.0. The fraction of sp³-hybridized carbons (Fsp3) is 0.407. The van der Waals surface area contributed by atoms with E-state index in [1.807, 2.05) is 3.88 Å². The van der Waals surface area contributed by atoms with Gasteiger partial charge in [-0.2, -0.15) is 0 Å². The molecule has 1 fully saturated rings. The van der Waals surface area contributed by atoms with Crippen LogP contribution in [0.4, 0.5) is 0 Å². The summed E-state index contributed by atoms with van der Waals surface area (Å²) in [7, 11) is 0. The molecule has 1 saturated carbocycles. The van der Waals surface area contributed by atoms with E-state index in [-0.39, 0.29) is 0 Å². The van der Waals surface area contributed by atoms with Gasteiger partial charge in [0.05, 0.1) is 0 Å². The van der Waals surface area contributed by atoms with Crippen molar-refractivity contribution < 1.29 is 17.4 Å². The van der Waals surface area contributed by atoms with Crippen LogP contribution < -0.4 is 14.2 Å². The first-order valence-electron chi connectivity index (χ1n) is 11.7. The Balaban J connectivity index is 1.82. The Kier molecular flexibility index (Phi) is 7.31. The Bertz CT molecular complexity index is 873. The van der Waals surface area contributed by atoms with Crippen molar-refractivity contribution in [2.45, 2.75) is 65.8 Å². The predicted molar refractivity (Wildman–Crippen MR) is 130 cm³/mol. The van der Waals surface area contributed by atoms with Crippen LogP contribution in [-0.2, 0) is 17.4 Å². The zero-order valence-electron chi connectivity index (χ0n) is 19.0. The molecule has 0 aromatic heterocycles. The second kappa shape index (κ2) is 9.96. The van der Waals surface area contributed by atoms with Gasteiger partial charge in [0.1, 0.15) is 0 Å². The summed E-state index contributed by atoms with van der Waals surface area (Å²) in [5.74, 6) is 0.610. The van der Waals surface area contributed by atoms with Gasteiger partial charge in [-0.25, -0.2) is 0 Å². The normalized spacial score (nSPS) is 20.4. The second-order valence-corrected chi connectivity index (χ2v) is 19.1. The fourth-order valence-corrected chi connectivity index (χ4v) is 21.6. The summed E-state index contributed by atoms with van der Waals surface area (Å²) in [5, 5.41) is 3.24. The zero-order chi connectivity index (χ0) is 21.1. The molecule has 0 heterocycles. The SMILES string of the molecule is CC1=C(C)C(C)[C]([Ti]([NH]C2CCCCC2)[SiH](c2ccccc2)c2ccccc2)=C1C. The van der Waals surface area contributed by atoms with Crippen LogP contribution in [0.5, 0.6) is 0 Å². The Morgan fingerprint density at radius 3 is 1.77 bits per heavy atom. The fourth-order valence-electron chi connectivity index (χ4n) is 5.40. The summed E-state index contributed by atoms with van der Waals surface area (Å²) in [4.78, 5) is 0. The predicted octanol–water partition coefficient (Wildman–Crippen LogP) is 5.24. The molecule has 0 spiro atoms. The van der Waals surface area contributed by atoms with Gasteiger partial charge in [-0.15, -0.1) is 0 Å². The molecule has 4 rings (SSSR count). The molecule has 2 aromatic carbocycles. The molecule has 0 aliphatic heterocycles. The summed E-state index contributed by atoms with van der Waals surface area (Å²) in [6.45, 7) is 8.26. The molecule has 1 N–H and O–H groups in total. The maximum absolute atomic E-state index is 4.44. The number of benzene rings is 2. The van der Waals surface area contributed by atoms with Crippen molar-refractivity contribution in [3.05, 3.63) is 81.3 Å². The first-order valence-corrected chi connectivity index (χ1v) is 17.7. The number of allylic oxidation sites excluding steroid dienone is 4. The topological polar surface area (TPSA) is 12.0 Å². The second-order valence-electron chi connectivity index (χ2n) is 9.22. The van der Waals surface area contributed by atoms with Gasteiger partial charge in [0, 0.05) is 0 Å². The third kappa shape index (κ3) is 4.53. The summed E-state index contributed by atoms with van der Waals surface area (Å²) < 4.78 is 6.27. The van der Waals surface area contributed by atoms with Crippen LogP contribution in [-0.4, -0.2) is 12.7 Å². The van der Waals surface area contributed by atoms with E-state index in [4.69, 9.17) is 0 Å². The van der Waals surface area contributed by atoms with E-state index in [2.05, 4.69) is 92.2 Å². The van der Waals surface area contributed by atoms with Crippen molar-refractivity contribution >= 4 is 17.0 Å². The number of rotatable bonds is 6. The van der Waals surface area contributed by atoms with Crippen LogP contribution in [0.25, 0.3) is 0 Å². The van der Waals surface area contributed by atoms with Gasteiger partial charge >= 0.3 is 191 Å². The van der Waals surface area contributed by atoms with Crippen LogP contribution in [0.15, 0.2) is 81.3 Å². The summed E-state index contributed by atoms with van der Waals surface area (Å²) >= 11 is -1.76. The van der Waals surface area contributed by atoms with E-state index in [0.717, 1.165) is 6.04 Å². The van der Waals surface area contributed by atoms with Gasteiger partial charge in [-0.3, -0.25) is 0 Å². The number of nitrogens with one attached hydrogen (secondary N) is 1. The maximum atomic E-state index is 4.44. The molecule has 0 radical (unpaired) electrons. The minimum absolute atomic E-state index is 0.610. The van der Waals surface area contributed by atoms with Gasteiger partial charge in [0.25, 0.3) is 0 Å². The third-order valence-electron chi connectivity index (χ3n) is 7.45. The van der Waals surface area contributed by atoms with Crippen molar-refractivity contribution in [2.24, 2.45) is 5.92 Å². The molecular weight excluding hydrogens is 414 g/mol. The monoisotopic (exact) mass is 450 g/mol. The molecule has 2 aliphatic carbocycles. The minimum atomic E-state index is -1.76. The molecule has 30 heavy (non-hydrogen) atoms. The average molecular weight is 451 g/mol. The van der Waals surface area contributed by atoms with Crippen LogP contribution in [0, 0.1) is 5.92 Å². The van der Waals surface area contributed by atoms with Crippen molar-refractivity contribution in [2.75, 3.05) is 0 Å². The van der Waals surface area contributed by atoms with E-state index in [1.54, 1.807) is 27.1 Å². The van der Waals surface area contributed by atoms with Crippen LogP contribution >= 0.6 is 0 Å². The van der Waals surface area contributed by atoms with E-state index in [0.29, 0.717) is 5.92 Å². The Labute approximate surface area is 190 Å². The Morgan fingerprint density at radius 1 is 0.767 bits per heavy atom. The molecule has 0 saturated heterocycles. The number of hydrogen-bond acceptors (Lipinski definition) is 1.